The number of rotatable bonds is 5. The first-order chi connectivity index (χ1) is 9.61. The van der Waals surface area contributed by atoms with Gasteiger partial charge in [-0.2, -0.15) is 0 Å². The van der Waals surface area contributed by atoms with Gasteiger partial charge < -0.3 is 5.32 Å². The molecule has 0 fully saturated rings. The average molecular weight is 296 g/mol. The summed E-state index contributed by atoms with van der Waals surface area (Å²) in [6.07, 6.45) is 1.00. The third-order valence-corrected chi connectivity index (χ3v) is 3.34. The highest BCUT2D eigenvalue weighted by molar-refractivity contribution is 6.33. The van der Waals surface area contributed by atoms with Gasteiger partial charge in [0.1, 0.15) is 11.6 Å². The Morgan fingerprint density at radius 2 is 1.65 bits per heavy atom. The van der Waals surface area contributed by atoms with Gasteiger partial charge in [0.25, 0.3) is 0 Å². The lowest BCUT2D eigenvalue weighted by Crippen LogP contribution is -2.14. The third-order valence-electron chi connectivity index (χ3n) is 3.03. The van der Waals surface area contributed by atoms with Crippen LogP contribution in [0, 0.1) is 11.6 Å². The topological polar surface area (TPSA) is 12.0 Å². The van der Waals surface area contributed by atoms with E-state index < -0.39 is 0 Å². The highest BCUT2D eigenvalue weighted by Crippen LogP contribution is 2.31. The molecule has 4 heteroatoms. The van der Waals surface area contributed by atoms with E-state index in [4.69, 9.17) is 11.6 Å². The van der Waals surface area contributed by atoms with Crippen LogP contribution in [0.1, 0.15) is 18.9 Å². The molecule has 20 heavy (non-hydrogen) atoms. The lowest BCUT2D eigenvalue weighted by atomic mass is 9.99. The van der Waals surface area contributed by atoms with Crippen LogP contribution < -0.4 is 5.32 Å². The molecule has 2 aromatic rings. The minimum absolute atomic E-state index is 0.291. The van der Waals surface area contributed by atoms with E-state index in [2.05, 4.69) is 12.2 Å². The van der Waals surface area contributed by atoms with E-state index in [9.17, 15) is 8.78 Å². The van der Waals surface area contributed by atoms with Crippen LogP contribution in [0.15, 0.2) is 36.4 Å². The Balaban J connectivity index is 2.39. The molecule has 0 spiro atoms. The number of nitrogens with one attached hydrogen (secondary N) is 1. The fourth-order valence-corrected chi connectivity index (χ4v) is 2.35. The van der Waals surface area contributed by atoms with Crippen LogP contribution in [0.3, 0.4) is 0 Å². The van der Waals surface area contributed by atoms with Crippen LogP contribution in [0.2, 0.25) is 5.02 Å². The van der Waals surface area contributed by atoms with Crippen LogP contribution in [0.25, 0.3) is 11.1 Å². The molecule has 0 saturated heterocycles. The zero-order valence-corrected chi connectivity index (χ0v) is 12.0. The van der Waals surface area contributed by atoms with Crippen LogP contribution in [0.5, 0.6) is 0 Å². The minimum Gasteiger partial charge on any atom is -0.313 e. The number of hydrogen-bond donors (Lipinski definition) is 1. The Labute approximate surface area is 122 Å². The molecule has 0 bridgehead atoms. The molecule has 0 saturated carbocycles. The van der Waals surface area contributed by atoms with Crippen LogP contribution in [0.4, 0.5) is 8.78 Å². The van der Waals surface area contributed by atoms with Gasteiger partial charge in [-0.15, -0.1) is 0 Å². The monoisotopic (exact) mass is 295 g/mol. The van der Waals surface area contributed by atoms with E-state index in [0.717, 1.165) is 24.1 Å². The van der Waals surface area contributed by atoms with Crippen molar-refractivity contribution in [2.45, 2.75) is 19.9 Å². The molecule has 1 nitrogen and oxygen atoms in total. The minimum atomic E-state index is -0.383. The molecule has 0 aliphatic heterocycles. The standard InChI is InChI=1S/C16H16ClF2N/c1-2-7-20-10-11-8-12(18)3-5-14(11)15-6-4-13(19)9-16(15)17/h3-6,8-9,20H,2,7,10H2,1H3. The lowest BCUT2D eigenvalue weighted by molar-refractivity contribution is 0.619. The van der Waals surface area contributed by atoms with Gasteiger partial charge in [0, 0.05) is 12.1 Å². The fourth-order valence-electron chi connectivity index (χ4n) is 2.08. The predicted molar refractivity (Wildman–Crippen MR) is 78.8 cm³/mol. The lowest BCUT2D eigenvalue weighted by Gasteiger charge is -2.12. The molecule has 0 unspecified atom stereocenters. The van der Waals surface area contributed by atoms with Gasteiger partial charge in [-0.1, -0.05) is 24.6 Å². The van der Waals surface area contributed by atoms with Gasteiger partial charge in [0.2, 0.25) is 0 Å². The van der Waals surface area contributed by atoms with Crippen molar-refractivity contribution in [1.29, 1.82) is 0 Å². The molecular weight excluding hydrogens is 280 g/mol. The maximum Gasteiger partial charge on any atom is 0.124 e. The van der Waals surface area contributed by atoms with Crippen LogP contribution >= 0.6 is 11.6 Å². The Bertz CT molecular complexity index is 599. The summed E-state index contributed by atoms with van der Waals surface area (Å²) in [6.45, 7) is 3.47. The van der Waals surface area contributed by atoms with Gasteiger partial charge in [-0.05, 0) is 54.4 Å². The average Bonchev–Trinajstić information content (AvgIpc) is 2.40. The van der Waals surface area contributed by atoms with Crippen LogP contribution in [-0.4, -0.2) is 6.54 Å². The van der Waals surface area contributed by atoms with Gasteiger partial charge in [-0.25, -0.2) is 8.78 Å². The van der Waals surface area contributed by atoms with Crippen molar-refractivity contribution in [3.05, 3.63) is 58.6 Å². The zero-order valence-electron chi connectivity index (χ0n) is 11.2. The summed E-state index contributed by atoms with van der Waals surface area (Å²) in [6, 6.07) is 8.79. The van der Waals surface area contributed by atoms with E-state index in [1.807, 2.05) is 0 Å². The zero-order chi connectivity index (χ0) is 14.5. The molecule has 0 amide bonds. The van der Waals surface area contributed by atoms with E-state index in [-0.39, 0.29) is 11.6 Å². The van der Waals surface area contributed by atoms with Crippen molar-refractivity contribution >= 4 is 11.6 Å². The van der Waals surface area contributed by atoms with Gasteiger partial charge in [-0.3, -0.25) is 0 Å². The second-order valence-corrected chi connectivity index (χ2v) is 5.01. The Morgan fingerprint density at radius 1 is 1.00 bits per heavy atom. The number of hydrogen-bond acceptors (Lipinski definition) is 1. The van der Waals surface area contributed by atoms with Crippen LogP contribution in [-0.2, 0) is 6.54 Å². The summed E-state index contributed by atoms with van der Waals surface area (Å²) in [7, 11) is 0. The van der Waals surface area contributed by atoms with Crippen molar-refractivity contribution in [1.82, 2.24) is 5.32 Å². The molecular formula is C16H16ClF2N. The van der Waals surface area contributed by atoms with Gasteiger partial charge in [0.15, 0.2) is 0 Å². The molecule has 0 aromatic heterocycles. The Morgan fingerprint density at radius 3 is 2.30 bits per heavy atom. The molecule has 1 N–H and O–H groups in total. The van der Waals surface area contributed by atoms with Gasteiger partial charge >= 0.3 is 0 Å². The van der Waals surface area contributed by atoms with E-state index in [0.29, 0.717) is 17.1 Å². The summed E-state index contributed by atoms with van der Waals surface area (Å²) in [5, 5.41) is 3.56. The summed E-state index contributed by atoms with van der Waals surface area (Å²) in [4.78, 5) is 0. The SMILES string of the molecule is CCCNCc1cc(F)ccc1-c1ccc(F)cc1Cl. The first kappa shape index (κ1) is 14.9. The third kappa shape index (κ3) is 3.56. The maximum absolute atomic E-state index is 13.4. The molecule has 106 valence electrons. The van der Waals surface area contributed by atoms with E-state index >= 15 is 0 Å². The summed E-state index contributed by atoms with van der Waals surface area (Å²) in [5.41, 5.74) is 2.34. The van der Waals surface area contributed by atoms with Gasteiger partial charge in [0.05, 0.1) is 5.02 Å². The van der Waals surface area contributed by atoms with Crippen molar-refractivity contribution in [3.63, 3.8) is 0 Å². The molecule has 2 rings (SSSR count). The second-order valence-electron chi connectivity index (χ2n) is 4.60. The smallest absolute Gasteiger partial charge is 0.124 e. The highest BCUT2D eigenvalue weighted by Gasteiger charge is 2.10. The summed E-state index contributed by atoms with van der Waals surface area (Å²) < 4.78 is 26.5. The van der Waals surface area contributed by atoms with Crippen molar-refractivity contribution in [2.75, 3.05) is 6.54 Å². The van der Waals surface area contributed by atoms with Crippen molar-refractivity contribution in [2.24, 2.45) is 0 Å². The summed E-state index contributed by atoms with van der Waals surface area (Å²) >= 11 is 6.08. The molecule has 0 atom stereocenters. The first-order valence-corrected chi connectivity index (χ1v) is 6.94. The Hall–Kier alpha value is -1.45. The van der Waals surface area contributed by atoms with E-state index in [1.165, 1.54) is 24.3 Å². The molecule has 0 radical (unpaired) electrons. The molecule has 0 aliphatic carbocycles. The van der Waals surface area contributed by atoms with Crippen molar-refractivity contribution < 1.29 is 8.78 Å². The van der Waals surface area contributed by atoms with Crippen molar-refractivity contribution in [3.8, 4) is 11.1 Å². The largest absolute Gasteiger partial charge is 0.313 e. The number of halogens is 3. The van der Waals surface area contributed by atoms with E-state index in [1.54, 1.807) is 12.1 Å². The molecule has 2 aromatic carbocycles. The second kappa shape index (κ2) is 6.82. The maximum atomic E-state index is 13.4. The molecule has 0 heterocycles. The fraction of sp³-hybridized carbons (Fsp3) is 0.250. The number of benzene rings is 2. The molecule has 0 aliphatic rings. The first-order valence-electron chi connectivity index (χ1n) is 6.56. The quantitative estimate of drug-likeness (QED) is 0.782. The normalized spacial score (nSPS) is 10.8. The Kier molecular flexibility index (Phi) is 5.10. The predicted octanol–water partition coefficient (Wildman–Crippen LogP) is 4.78. The summed E-state index contributed by atoms with van der Waals surface area (Å²) in [5.74, 6) is -0.674. The highest BCUT2D eigenvalue weighted by atomic mass is 35.5.